The topological polar surface area (TPSA) is 101 Å². The van der Waals surface area contributed by atoms with Gasteiger partial charge in [0.1, 0.15) is 6.61 Å². The second-order valence-corrected chi connectivity index (χ2v) is 3.86. The van der Waals surface area contributed by atoms with Gasteiger partial charge in [-0.25, -0.2) is 9.59 Å². The minimum absolute atomic E-state index is 0.161. The standard InChI is InChI=1S/C12H17N3O4/c1-9-6-13-3-2-10(9)7-15-12(18)14-4-5-19-8-11(16)17/h2-3,6H,4-5,7-8H2,1H3,(H,16,17)(H2,14,15,18). The lowest BCUT2D eigenvalue weighted by molar-refractivity contribution is -0.142. The molecular formula is C12H17N3O4. The predicted molar refractivity (Wildman–Crippen MR) is 67.7 cm³/mol. The fourth-order valence-electron chi connectivity index (χ4n) is 1.33. The van der Waals surface area contributed by atoms with E-state index in [1.54, 1.807) is 12.4 Å². The van der Waals surface area contributed by atoms with E-state index >= 15 is 0 Å². The SMILES string of the molecule is Cc1cnccc1CNC(=O)NCCOCC(=O)O. The van der Waals surface area contributed by atoms with Crippen molar-refractivity contribution in [2.24, 2.45) is 0 Å². The van der Waals surface area contributed by atoms with Crippen LogP contribution in [0.25, 0.3) is 0 Å². The third kappa shape index (κ3) is 6.37. The maximum absolute atomic E-state index is 11.4. The quantitative estimate of drug-likeness (QED) is 0.616. The number of aromatic nitrogens is 1. The third-order valence-electron chi connectivity index (χ3n) is 2.33. The summed E-state index contributed by atoms with van der Waals surface area (Å²) in [7, 11) is 0. The van der Waals surface area contributed by atoms with Crippen molar-refractivity contribution in [3.8, 4) is 0 Å². The molecule has 7 nitrogen and oxygen atoms in total. The van der Waals surface area contributed by atoms with Crippen LogP contribution in [-0.4, -0.2) is 41.8 Å². The van der Waals surface area contributed by atoms with E-state index in [-0.39, 0.29) is 25.8 Å². The van der Waals surface area contributed by atoms with Crippen LogP contribution in [0.5, 0.6) is 0 Å². The number of carboxylic acid groups (broad SMARTS) is 1. The van der Waals surface area contributed by atoms with Crippen LogP contribution in [0.4, 0.5) is 4.79 Å². The highest BCUT2D eigenvalue weighted by molar-refractivity contribution is 5.73. The number of nitrogens with zero attached hydrogens (tertiary/aromatic N) is 1. The summed E-state index contributed by atoms with van der Waals surface area (Å²) in [4.78, 5) is 25.5. The molecule has 0 fully saturated rings. The number of pyridine rings is 1. The summed E-state index contributed by atoms with van der Waals surface area (Å²) in [5.41, 5.74) is 2.00. The number of carboxylic acids is 1. The molecular weight excluding hydrogens is 250 g/mol. The molecule has 0 radical (unpaired) electrons. The lowest BCUT2D eigenvalue weighted by atomic mass is 10.1. The van der Waals surface area contributed by atoms with Crippen LogP contribution < -0.4 is 10.6 Å². The van der Waals surface area contributed by atoms with Gasteiger partial charge in [0.25, 0.3) is 0 Å². The summed E-state index contributed by atoms with van der Waals surface area (Å²) >= 11 is 0. The van der Waals surface area contributed by atoms with Crippen molar-refractivity contribution in [2.45, 2.75) is 13.5 Å². The van der Waals surface area contributed by atoms with Gasteiger partial charge in [-0.3, -0.25) is 4.98 Å². The first-order chi connectivity index (χ1) is 9.09. The van der Waals surface area contributed by atoms with Crippen LogP contribution in [0.15, 0.2) is 18.5 Å². The summed E-state index contributed by atoms with van der Waals surface area (Å²) in [5, 5.41) is 13.6. The lowest BCUT2D eigenvalue weighted by Gasteiger charge is -2.09. The van der Waals surface area contributed by atoms with E-state index in [1.165, 1.54) is 0 Å². The molecule has 0 bridgehead atoms. The maximum atomic E-state index is 11.4. The van der Waals surface area contributed by atoms with Gasteiger partial charge in [0.15, 0.2) is 0 Å². The first-order valence-electron chi connectivity index (χ1n) is 5.80. The molecule has 0 saturated heterocycles. The molecule has 1 heterocycles. The van der Waals surface area contributed by atoms with Crippen LogP contribution in [0.2, 0.25) is 0 Å². The molecule has 0 spiro atoms. The monoisotopic (exact) mass is 267 g/mol. The molecule has 104 valence electrons. The predicted octanol–water partition coefficient (Wildman–Crippen LogP) is 0.290. The van der Waals surface area contributed by atoms with Gasteiger partial charge in [0.05, 0.1) is 6.61 Å². The van der Waals surface area contributed by atoms with Crippen LogP contribution in [-0.2, 0) is 16.1 Å². The molecule has 0 unspecified atom stereocenters. The van der Waals surface area contributed by atoms with Gasteiger partial charge in [-0.1, -0.05) is 0 Å². The van der Waals surface area contributed by atoms with Gasteiger partial charge in [-0.15, -0.1) is 0 Å². The first kappa shape index (κ1) is 14.9. The largest absolute Gasteiger partial charge is 0.480 e. The highest BCUT2D eigenvalue weighted by Crippen LogP contribution is 2.03. The van der Waals surface area contributed by atoms with Crippen LogP contribution in [0.3, 0.4) is 0 Å². The fraction of sp³-hybridized carbons (Fsp3) is 0.417. The van der Waals surface area contributed by atoms with Gasteiger partial charge in [0.2, 0.25) is 0 Å². The Hall–Kier alpha value is -2.15. The van der Waals surface area contributed by atoms with Gasteiger partial charge in [-0.2, -0.15) is 0 Å². The number of rotatable bonds is 7. The Morgan fingerprint density at radius 2 is 2.21 bits per heavy atom. The van der Waals surface area contributed by atoms with E-state index < -0.39 is 5.97 Å². The molecule has 0 aromatic carbocycles. The smallest absolute Gasteiger partial charge is 0.329 e. The molecule has 0 saturated carbocycles. The normalized spacial score (nSPS) is 9.95. The van der Waals surface area contributed by atoms with Crippen molar-refractivity contribution in [2.75, 3.05) is 19.8 Å². The molecule has 0 aliphatic carbocycles. The fourth-order valence-corrected chi connectivity index (χ4v) is 1.33. The van der Waals surface area contributed by atoms with Crippen molar-refractivity contribution < 1.29 is 19.4 Å². The Labute approximate surface area is 111 Å². The van der Waals surface area contributed by atoms with E-state index in [1.807, 2.05) is 13.0 Å². The Kier molecular flexibility index (Phi) is 6.31. The highest BCUT2D eigenvalue weighted by Gasteiger charge is 2.02. The molecule has 0 aliphatic heterocycles. The molecule has 19 heavy (non-hydrogen) atoms. The molecule has 0 atom stereocenters. The Morgan fingerprint density at radius 3 is 2.89 bits per heavy atom. The van der Waals surface area contributed by atoms with E-state index in [4.69, 9.17) is 9.84 Å². The lowest BCUT2D eigenvalue weighted by Crippen LogP contribution is -2.37. The molecule has 0 aliphatic rings. The van der Waals surface area contributed by atoms with Crippen LogP contribution in [0, 0.1) is 6.92 Å². The zero-order valence-electron chi connectivity index (χ0n) is 10.7. The average Bonchev–Trinajstić information content (AvgIpc) is 2.37. The summed E-state index contributed by atoms with van der Waals surface area (Å²) in [6.45, 7) is 2.39. The minimum Gasteiger partial charge on any atom is -0.480 e. The average molecular weight is 267 g/mol. The number of urea groups is 1. The van der Waals surface area contributed by atoms with Crippen molar-refractivity contribution in [3.63, 3.8) is 0 Å². The minimum atomic E-state index is -1.03. The van der Waals surface area contributed by atoms with Crippen LogP contribution in [0.1, 0.15) is 11.1 Å². The maximum Gasteiger partial charge on any atom is 0.329 e. The summed E-state index contributed by atoms with van der Waals surface area (Å²) < 4.78 is 4.78. The number of carbonyl (C=O) groups is 2. The van der Waals surface area contributed by atoms with E-state index in [9.17, 15) is 9.59 Å². The Morgan fingerprint density at radius 1 is 1.42 bits per heavy atom. The second-order valence-electron chi connectivity index (χ2n) is 3.86. The number of aliphatic carboxylic acids is 1. The second kappa shape index (κ2) is 8.04. The molecule has 1 aromatic rings. The van der Waals surface area contributed by atoms with Crippen molar-refractivity contribution >= 4 is 12.0 Å². The van der Waals surface area contributed by atoms with Gasteiger partial charge in [0, 0.05) is 25.5 Å². The summed E-state index contributed by atoms with van der Waals surface area (Å²) in [5.74, 6) is -1.03. The van der Waals surface area contributed by atoms with E-state index in [2.05, 4.69) is 15.6 Å². The molecule has 7 heteroatoms. The third-order valence-corrected chi connectivity index (χ3v) is 2.33. The number of carbonyl (C=O) groups excluding carboxylic acids is 1. The summed E-state index contributed by atoms with van der Waals surface area (Å²) in [6, 6.07) is 1.51. The zero-order valence-corrected chi connectivity index (χ0v) is 10.7. The van der Waals surface area contributed by atoms with Crippen LogP contribution >= 0.6 is 0 Å². The molecule has 1 rings (SSSR count). The number of ether oxygens (including phenoxy) is 1. The number of amides is 2. The van der Waals surface area contributed by atoms with E-state index in [0.29, 0.717) is 6.54 Å². The molecule has 1 aromatic heterocycles. The number of aryl methyl sites for hydroxylation is 1. The summed E-state index contributed by atoms with van der Waals surface area (Å²) in [6.07, 6.45) is 3.40. The Bertz CT molecular complexity index is 437. The van der Waals surface area contributed by atoms with Gasteiger partial charge in [-0.05, 0) is 24.1 Å². The number of hydrogen-bond donors (Lipinski definition) is 3. The van der Waals surface area contributed by atoms with Crippen molar-refractivity contribution in [1.82, 2.24) is 15.6 Å². The number of nitrogens with one attached hydrogen (secondary N) is 2. The van der Waals surface area contributed by atoms with Gasteiger partial charge < -0.3 is 20.5 Å². The van der Waals surface area contributed by atoms with Crippen molar-refractivity contribution in [3.05, 3.63) is 29.6 Å². The van der Waals surface area contributed by atoms with Gasteiger partial charge >= 0.3 is 12.0 Å². The highest BCUT2D eigenvalue weighted by atomic mass is 16.5. The van der Waals surface area contributed by atoms with E-state index in [0.717, 1.165) is 11.1 Å². The first-order valence-corrected chi connectivity index (χ1v) is 5.80. The molecule has 2 amide bonds. The van der Waals surface area contributed by atoms with Crippen molar-refractivity contribution in [1.29, 1.82) is 0 Å². The molecule has 3 N–H and O–H groups in total. The zero-order chi connectivity index (χ0) is 14.1. The Balaban J connectivity index is 2.15. The number of hydrogen-bond acceptors (Lipinski definition) is 4.